The topological polar surface area (TPSA) is 67.2 Å². The SMILES string of the molecule is CCCNC(=O)c1cc(N)ccc1NCCC. The number of carbonyl (C=O) groups excluding carboxylic acids is 1. The molecule has 4 heteroatoms. The Labute approximate surface area is 103 Å². The predicted octanol–water partition coefficient (Wildman–Crippen LogP) is 2.23. The van der Waals surface area contributed by atoms with Crippen molar-refractivity contribution in [2.45, 2.75) is 26.7 Å². The van der Waals surface area contributed by atoms with Crippen LogP contribution in [0, 0.1) is 0 Å². The fraction of sp³-hybridized carbons (Fsp3) is 0.462. The molecular weight excluding hydrogens is 214 g/mol. The van der Waals surface area contributed by atoms with Crippen molar-refractivity contribution in [3.8, 4) is 0 Å². The van der Waals surface area contributed by atoms with Gasteiger partial charge in [0.25, 0.3) is 5.91 Å². The van der Waals surface area contributed by atoms with E-state index in [1.54, 1.807) is 12.1 Å². The summed E-state index contributed by atoms with van der Waals surface area (Å²) in [5.74, 6) is -0.0715. The van der Waals surface area contributed by atoms with Gasteiger partial charge in [0.15, 0.2) is 0 Å². The number of anilines is 2. The number of carbonyl (C=O) groups is 1. The molecule has 0 saturated heterocycles. The number of hydrogen-bond acceptors (Lipinski definition) is 3. The van der Waals surface area contributed by atoms with Gasteiger partial charge in [0, 0.05) is 24.5 Å². The molecule has 0 bridgehead atoms. The summed E-state index contributed by atoms with van der Waals surface area (Å²) in [5.41, 5.74) is 7.78. The fourth-order valence-corrected chi connectivity index (χ4v) is 1.50. The highest BCUT2D eigenvalue weighted by Crippen LogP contribution is 2.18. The summed E-state index contributed by atoms with van der Waals surface area (Å²) < 4.78 is 0. The van der Waals surface area contributed by atoms with Crippen molar-refractivity contribution in [2.24, 2.45) is 0 Å². The number of nitrogens with two attached hydrogens (primary N) is 1. The second-order valence-electron chi connectivity index (χ2n) is 3.99. The van der Waals surface area contributed by atoms with Crippen LogP contribution in [0.3, 0.4) is 0 Å². The standard InChI is InChI=1S/C13H21N3O/c1-3-7-15-12-6-5-10(14)9-11(12)13(17)16-8-4-2/h5-6,9,15H,3-4,7-8,14H2,1-2H3,(H,16,17). The average Bonchev–Trinajstić information content (AvgIpc) is 2.34. The minimum atomic E-state index is -0.0715. The molecule has 1 amide bonds. The number of rotatable bonds is 6. The Bertz CT molecular complexity index is 377. The monoisotopic (exact) mass is 235 g/mol. The van der Waals surface area contributed by atoms with E-state index in [2.05, 4.69) is 17.6 Å². The first-order chi connectivity index (χ1) is 8.19. The minimum Gasteiger partial charge on any atom is -0.399 e. The average molecular weight is 235 g/mol. The summed E-state index contributed by atoms with van der Waals surface area (Å²) >= 11 is 0. The third-order valence-corrected chi connectivity index (χ3v) is 2.39. The van der Waals surface area contributed by atoms with E-state index in [4.69, 9.17) is 5.73 Å². The molecule has 0 atom stereocenters. The van der Waals surface area contributed by atoms with Crippen LogP contribution in [0.4, 0.5) is 11.4 Å². The lowest BCUT2D eigenvalue weighted by Crippen LogP contribution is -2.25. The lowest BCUT2D eigenvalue weighted by atomic mass is 10.1. The zero-order valence-electron chi connectivity index (χ0n) is 10.5. The van der Waals surface area contributed by atoms with Gasteiger partial charge < -0.3 is 16.4 Å². The van der Waals surface area contributed by atoms with Crippen LogP contribution in [0.5, 0.6) is 0 Å². The molecule has 0 spiro atoms. The highest BCUT2D eigenvalue weighted by atomic mass is 16.1. The molecule has 0 aliphatic rings. The van der Waals surface area contributed by atoms with E-state index in [0.717, 1.165) is 25.1 Å². The van der Waals surface area contributed by atoms with Crippen molar-refractivity contribution in [1.29, 1.82) is 0 Å². The Morgan fingerprint density at radius 3 is 2.59 bits per heavy atom. The Morgan fingerprint density at radius 1 is 1.24 bits per heavy atom. The molecule has 17 heavy (non-hydrogen) atoms. The van der Waals surface area contributed by atoms with Gasteiger partial charge in [0.2, 0.25) is 0 Å². The Balaban J connectivity index is 2.85. The molecule has 0 heterocycles. The van der Waals surface area contributed by atoms with Crippen molar-refractivity contribution in [3.05, 3.63) is 23.8 Å². The zero-order chi connectivity index (χ0) is 12.7. The third kappa shape index (κ3) is 3.98. The van der Waals surface area contributed by atoms with Crippen LogP contribution in [-0.4, -0.2) is 19.0 Å². The molecule has 1 rings (SSSR count). The van der Waals surface area contributed by atoms with Gasteiger partial charge >= 0.3 is 0 Å². The number of hydrogen-bond donors (Lipinski definition) is 3. The van der Waals surface area contributed by atoms with Gasteiger partial charge in [0.1, 0.15) is 0 Å². The van der Waals surface area contributed by atoms with Gasteiger partial charge in [-0.1, -0.05) is 13.8 Å². The molecule has 0 aliphatic heterocycles. The summed E-state index contributed by atoms with van der Waals surface area (Å²) in [7, 11) is 0. The molecule has 0 fully saturated rings. The molecule has 0 aliphatic carbocycles. The van der Waals surface area contributed by atoms with E-state index in [1.165, 1.54) is 0 Å². The van der Waals surface area contributed by atoms with Crippen LogP contribution in [-0.2, 0) is 0 Å². The van der Waals surface area contributed by atoms with Crippen molar-refractivity contribution in [2.75, 3.05) is 24.1 Å². The maximum absolute atomic E-state index is 11.9. The summed E-state index contributed by atoms with van der Waals surface area (Å²) in [6.07, 6.45) is 1.94. The second kappa shape index (κ2) is 6.78. The Morgan fingerprint density at radius 2 is 1.94 bits per heavy atom. The van der Waals surface area contributed by atoms with Gasteiger partial charge in [-0.05, 0) is 31.0 Å². The van der Waals surface area contributed by atoms with Gasteiger partial charge in [0.05, 0.1) is 5.56 Å². The highest BCUT2D eigenvalue weighted by molar-refractivity contribution is 6.00. The van der Waals surface area contributed by atoms with E-state index in [1.807, 2.05) is 13.0 Å². The van der Waals surface area contributed by atoms with Crippen LogP contribution in [0.15, 0.2) is 18.2 Å². The largest absolute Gasteiger partial charge is 0.399 e. The lowest BCUT2D eigenvalue weighted by Gasteiger charge is -2.12. The molecule has 0 radical (unpaired) electrons. The van der Waals surface area contributed by atoms with Crippen molar-refractivity contribution < 1.29 is 4.79 Å². The van der Waals surface area contributed by atoms with E-state index in [0.29, 0.717) is 17.8 Å². The quantitative estimate of drug-likeness (QED) is 0.662. The minimum absolute atomic E-state index is 0.0715. The number of nitrogens with one attached hydrogen (secondary N) is 2. The molecule has 0 saturated carbocycles. The zero-order valence-corrected chi connectivity index (χ0v) is 10.5. The van der Waals surface area contributed by atoms with E-state index < -0.39 is 0 Å². The molecular formula is C13H21N3O. The molecule has 0 aromatic heterocycles. The second-order valence-corrected chi connectivity index (χ2v) is 3.99. The van der Waals surface area contributed by atoms with Crippen molar-refractivity contribution in [1.82, 2.24) is 5.32 Å². The fourth-order valence-electron chi connectivity index (χ4n) is 1.50. The summed E-state index contributed by atoms with van der Waals surface area (Å²) in [4.78, 5) is 11.9. The van der Waals surface area contributed by atoms with Gasteiger partial charge in [-0.2, -0.15) is 0 Å². The number of benzene rings is 1. The van der Waals surface area contributed by atoms with E-state index >= 15 is 0 Å². The summed E-state index contributed by atoms with van der Waals surface area (Å²) in [6, 6.07) is 5.36. The summed E-state index contributed by atoms with van der Waals surface area (Å²) in [5, 5.41) is 6.09. The molecule has 94 valence electrons. The van der Waals surface area contributed by atoms with Gasteiger partial charge in [-0.3, -0.25) is 4.79 Å². The third-order valence-electron chi connectivity index (χ3n) is 2.39. The van der Waals surface area contributed by atoms with Gasteiger partial charge in [-0.25, -0.2) is 0 Å². The predicted molar refractivity (Wildman–Crippen MR) is 72.3 cm³/mol. The van der Waals surface area contributed by atoms with Gasteiger partial charge in [-0.15, -0.1) is 0 Å². The maximum atomic E-state index is 11.9. The highest BCUT2D eigenvalue weighted by Gasteiger charge is 2.10. The number of amides is 1. The Hall–Kier alpha value is -1.71. The first-order valence-corrected chi connectivity index (χ1v) is 6.10. The summed E-state index contributed by atoms with van der Waals surface area (Å²) in [6.45, 7) is 5.63. The lowest BCUT2D eigenvalue weighted by molar-refractivity contribution is 0.0954. The van der Waals surface area contributed by atoms with E-state index in [9.17, 15) is 4.79 Å². The molecule has 1 aromatic carbocycles. The number of nitrogen functional groups attached to an aromatic ring is 1. The smallest absolute Gasteiger partial charge is 0.253 e. The molecule has 1 aromatic rings. The van der Waals surface area contributed by atoms with Crippen molar-refractivity contribution >= 4 is 17.3 Å². The molecule has 0 unspecified atom stereocenters. The maximum Gasteiger partial charge on any atom is 0.253 e. The van der Waals surface area contributed by atoms with Crippen LogP contribution < -0.4 is 16.4 Å². The normalized spacial score (nSPS) is 10.0. The molecule has 4 nitrogen and oxygen atoms in total. The van der Waals surface area contributed by atoms with Crippen LogP contribution in [0.2, 0.25) is 0 Å². The van der Waals surface area contributed by atoms with Crippen molar-refractivity contribution in [3.63, 3.8) is 0 Å². The van der Waals surface area contributed by atoms with Crippen LogP contribution in [0.1, 0.15) is 37.0 Å². The van der Waals surface area contributed by atoms with Crippen LogP contribution >= 0.6 is 0 Å². The Kier molecular flexibility index (Phi) is 5.33. The van der Waals surface area contributed by atoms with E-state index in [-0.39, 0.29) is 5.91 Å². The first kappa shape index (κ1) is 13.4. The first-order valence-electron chi connectivity index (χ1n) is 6.10. The molecule has 4 N–H and O–H groups in total. The van der Waals surface area contributed by atoms with Crippen LogP contribution in [0.25, 0.3) is 0 Å².